The highest BCUT2D eigenvalue weighted by molar-refractivity contribution is 8.00. The summed E-state index contributed by atoms with van der Waals surface area (Å²) < 4.78 is 0. The molecule has 0 bridgehead atoms. The Labute approximate surface area is 124 Å². The molecule has 0 heterocycles. The van der Waals surface area contributed by atoms with Crippen molar-refractivity contribution in [3.8, 4) is 0 Å². The Kier molecular flexibility index (Phi) is 4.70. The first-order chi connectivity index (χ1) is 9.44. The highest BCUT2D eigenvalue weighted by Crippen LogP contribution is 2.42. The predicted molar refractivity (Wildman–Crippen MR) is 83.2 cm³/mol. The van der Waals surface area contributed by atoms with E-state index in [-0.39, 0.29) is 10.6 Å². The minimum Gasteiger partial charge on any atom is -0.315 e. The van der Waals surface area contributed by atoms with Crippen LogP contribution in [0.4, 0.5) is 5.69 Å². The summed E-state index contributed by atoms with van der Waals surface area (Å²) in [6.07, 6.45) is 3.68. The third-order valence-electron chi connectivity index (χ3n) is 4.17. The van der Waals surface area contributed by atoms with Crippen LogP contribution in [-0.2, 0) is 0 Å². The molecule has 0 spiro atoms. The van der Waals surface area contributed by atoms with Crippen LogP contribution >= 0.6 is 11.8 Å². The molecule has 0 saturated heterocycles. The van der Waals surface area contributed by atoms with Crippen LogP contribution in [0.2, 0.25) is 0 Å². The molecule has 0 aromatic heterocycles. The van der Waals surface area contributed by atoms with Crippen molar-refractivity contribution in [3.05, 3.63) is 34.4 Å². The molecule has 1 aromatic rings. The van der Waals surface area contributed by atoms with Crippen molar-refractivity contribution < 1.29 is 4.92 Å². The summed E-state index contributed by atoms with van der Waals surface area (Å²) in [7, 11) is 2.03. The van der Waals surface area contributed by atoms with Gasteiger partial charge in [-0.2, -0.15) is 0 Å². The molecule has 1 saturated carbocycles. The van der Waals surface area contributed by atoms with Gasteiger partial charge in [0.1, 0.15) is 0 Å². The van der Waals surface area contributed by atoms with Gasteiger partial charge in [-0.3, -0.25) is 10.1 Å². The molecule has 20 heavy (non-hydrogen) atoms. The van der Waals surface area contributed by atoms with E-state index in [2.05, 4.69) is 19.2 Å². The molecule has 0 aliphatic heterocycles. The third kappa shape index (κ3) is 3.33. The number of nitrogens with one attached hydrogen (secondary N) is 1. The van der Waals surface area contributed by atoms with Crippen molar-refractivity contribution in [1.82, 2.24) is 5.32 Å². The zero-order chi connectivity index (χ0) is 14.8. The predicted octanol–water partition coefficient (Wildman–Crippen LogP) is 3.85. The molecule has 2 unspecified atom stereocenters. The average Bonchev–Trinajstić information content (AvgIpc) is 2.38. The lowest BCUT2D eigenvalue weighted by atomic mass is 9.73. The van der Waals surface area contributed by atoms with Crippen LogP contribution in [0.3, 0.4) is 0 Å². The fourth-order valence-corrected chi connectivity index (χ4v) is 4.68. The number of non-ortho nitro benzene ring substituents is 1. The average molecular weight is 294 g/mol. The van der Waals surface area contributed by atoms with Crippen LogP contribution in [0.15, 0.2) is 29.2 Å². The molecular formula is C15H22N2O2S. The minimum absolute atomic E-state index is 0.156. The highest BCUT2D eigenvalue weighted by Gasteiger charge is 2.38. The summed E-state index contributed by atoms with van der Waals surface area (Å²) in [5.41, 5.74) is 0.453. The molecular weight excluding hydrogens is 272 g/mol. The summed E-state index contributed by atoms with van der Waals surface area (Å²) in [6.45, 7) is 4.63. The monoisotopic (exact) mass is 294 g/mol. The lowest BCUT2D eigenvalue weighted by Gasteiger charge is -2.43. The molecule has 1 N–H and O–H groups in total. The van der Waals surface area contributed by atoms with E-state index in [0.717, 1.165) is 4.90 Å². The summed E-state index contributed by atoms with van der Waals surface area (Å²) in [5.74, 6) is 0. The Morgan fingerprint density at radius 3 is 2.55 bits per heavy atom. The normalized spacial score (nSPS) is 25.4. The van der Waals surface area contributed by atoms with Gasteiger partial charge in [-0.25, -0.2) is 0 Å². The molecule has 1 aliphatic carbocycles. The van der Waals surface area contributed by atoms with Gasteiger partial charge in [0, 0.05) is 28.3 Å². The van der Waals surface area contributed by atoms with E-state index in [4.69, 9.17) is 0 Å². The zero-order valence-corrected chi connectivity index (χ0v) is 13.1. The number of thioether (sulfide) groups is 1. The van der Waals surface area contributed by atoms with Gasteiger partial charge in [-0.15, -0.1) is 11.8 Å². The Hall–Kier alpha value is -1.07. The number of nitro groups is 1. The fourth-order valence-electron chi connectivity index (χ4n) is 3.11. The van der Waals surface area contributed by atoms with E-state index in [1.54, 1.807) is 12.1 Å². The number of nitrogens with zero attached hydrogens (tertiary/aromatic N) is 1. The van der Waals surface area contributed by atoms with Gasteiger partial charge < -0.3 is 5.32 Å². The van der Waals surface area contributed by atoms with E-state index in [0.29, 0.717) is 16.7 Å². The smallest absolute Gasteiger partial charge is 0.269 e. The summed E-state index contributed by atoms with van der Waals surface area (Å²) in [5, 5.41) is 14.7. The summed E-state index contributed by atoms with van der Waals surface area (Å²) >= 11 is 1.83. The van der Waals surface area contributed by atoms with Crippen molar-refractivity contribution >= 4 is 17.4 Å². The Morgan fingerprint density at radius 2 is 2.00 bits per heavy atom. The van der Waals surface area contributed by atoms with Crippen LogP contribution in [0, 0.1) is 15.5 Å². The minimum atomic E-state index is -0.353. The Bertz CT molecular complexity index is 473. The van der Waals surface area contributed by atoms with Gasteiger partial charge >= 0.3 is 0 Å². The molecule has 4 nitrogen and oxygen atoms in total. The van der Waals surface area contributed by atoms with E-state index in [1.807, 2.05) is 30.9 Å². The van der Waals surface area contributed by atoms with Crippen LogP contribution < -0.4 is 5.32 Å². The quantitative estimate of drug-likeness (QED) is 0.677. The van der Waals surface area contributed by atoms with E-state index in [1.165, 1.54) is 19.3 Å². The highest BCUT2D eigenvalue weighted by atomic mass is 32.2. The number of hydrogen-bond acceptors (Lipinski definition) is 4. The second-order valence-electron chi connectivity index (χ2n) is 6.05. The van der Waals surface area contributed by atoms with Crippen molar-refractivity contribution in [3.63, 3.8) is 0 Å². The molecule has 1 aliphatic rings. The maximum atomic E-state index is 10.7. The van der Waals surface area contributed by atoms with Gasteiger partial charge in [-0.05, 0) is 37.4 Å². The maximum Gasteiger partial charge on any atom is 0.269 e. The number of rotatable bonds is 4. The molecule has 1 aromatic carbocycles. The number of nitro benzene ring substituents is 1. The molecule has 110 valence electrons. The molecule has 2 rings (SSSR count). The number of benzene rings is 1. The van der Waals surface area contributed by atoms with Crippen LogP contribution in [0.5, 0.6) is 0 Å². The van der Waals surface area contributed by atoms with E-state index >= 15 is 0 Å². The SMILES string of the molecule is CNC1C(Sc2ccc([N+](=O)[O-])cc2)CCCC1(C)C. The molecule has 1 fully saturated rings. The van der Waals surface area contributed by atoms with Crippen LogP contribution in [-0.4, -0.2) is 23.3 Å². The van der Waals surface area contributed by atoms with Crippen molar-refractivity contribution in [2.45, 2.75) is 49.3 Å². The first kappa shape index (κ1) is 15.3. The lowest BCUT2D eigenvalue weighted by molar-refractivity contribution is -0.384. The summed E-state index contributed by atoms with van der Waals surface area (Å²) in [4.78, 5) is 11.4. The Balaban J connectivity index is 2.10. The van der Waals surface area contributed by atoms with Gasteiger partial charge in [0.15, 0.2) is 0 Å². The number of hydrogen-bond donors (Lipinski definition) is 1. The third-order valence-corrected chi connectivity index (χ3v) is 5.52. The zero-order valence-electron chi connectivity index (χ0n) is 12.3. The lowest BCUT2D eigenvalue weighted by Crippen LogP contribution is -2.49. The topological polar surface area (TPSA) is 55.2 Å². The Morgan fingerprint density at radius 1 is 1.35 bits per heavy atom. The van der Waals surface area contributed by atoms with E-state index in [9.17, 15) is 10.1 Å². The van der Waals surface area contributed by atoms with Gasteiger partial charge in [0.05, 0.1) is 4.92 Å². The van der Waals surface area contributed by atoms with Gasteiger partial charge in [0.25, 0.3) is 5.69 Å². The summed E-state index contributed by atoms with van der Waals surface area (Å²) in [6, 6.07) is 7.36. The van der Waals surface area contributed by atoms with Gasteiger partial charge in [0.2, 0.25) is 0 Å². The molecule has 5 heteroatoms. The van der Waals surface area contributed by atoms with Crippen molar-refractivity contribution in [1.29, 1.82) is 0 Å². The second-order valence-corrected chi connectivity index (χ2v) is 7.37. The maximum absolute atomic E-state index is 10.7. The first-order valence-corrected chi connectivity index (χ1v) is 7.90. The van der Waals surface area contributed by atoms with Gasteiger partial charge in [-0.1, -0.05) is 20.3 Å². The molecule has 2 atom stereocenters. The van der Waals surface area contributed by atoms with Crippen LogP contribution in [0.1, 0.15) is 33.1 Å². The fraction of sp³-hybridized carbons (Fsp3) is 0.600. The van der Waals surface area contributed by atoms with Crippen molar-refractivity contribution in [2.24, 2.45) is 5.41 Å². The van der Waals surface area contributed by atoms with Crippen LogP contribution in [0.25, 0.3) is 0 Å². The molecule has 0 radical (unpaired) electrons. The van der Waals surface area contributed by atoms with Crippen molar-refractivity contribution in [2.75, 3.05) is 7.05 Å². The first-order valence-electron chi connectivity index (χ1n) is 7.02. The standard InChI is InChI=1S/C15H22N2O2S/c1-15(2)10-4-5-13(14(15)16-3)20-12-8-6-11(7-9-12)17(18)19/h6-9,13-14,16H,4-5,10H2,1-3H3. The molecule has 0 amide bonds. The second kappa shape index (κ2) is 6.14. The largest absolute Gasteiger partial charge is 0.315 e. The van der Waals surface area contributed by atoms with E-state index < -0.39 is 0 Å².